The van der Waals surface area contributed by atoms with E-state index < -0.39 is 0 Å². The summed E-state index contributed by atoms with van der Waals surface area (Å²) in [7, 11) is 0. The average molecular weight is 176 g/mol. The Kier molecular flexibility index (Phi) is 5.96. The van der Waals surface area contributed by atoms with E-state index in [1.807, 2.05) is 19.9 Å². The highest BCUT2D eigenvalue weighted by Crippen LogP contribution is 2.11. The molecular formula is C13H20. The van der Waals surface area contributed by atoms with Crippen molar-refractivity contribution >= 4 is 0 Å². The molecular weight excluding hydrogens is 156 g/mol. The molecule has 0 atom stereocenters. The molecule has 0 saturated carbocycles. The summed E-state index contributed by atoms with van der Waals surface area (Å²) in [5.41, 5.74) is 3.42. The maximum Gasteiger partial charge on any atom is -0.0273 e. The minimum atomic E-state index is 1.07. The first-order chi connectivity index (χ1) is 6.07. The molecule has 0 N–H and O–H groups in total. The van der Waals surface area contributed by atoms with Gasteiger partial charge < -0.3 is 0 Å². The Morgan fingerprint density at radius 1 is 1.15 bits per heavy atom. The van der Waals surface area contributed by atoms with Crippen molar-refractivity contribution in [2.45, 2.75) is 33.6 Å². The highest BCUT2D eigenvalue weighted by Gasteiger charge is 1.91. The van der Waals surface area contributed by atoms with Gasteiger partial charge in [-0.15, -0.1) is 0 Å². The van der Waals surface area contributed by atoms with E-state index in [0.717, 1.165) is 17.6 Å². The maximum atomic E-state index is 3.94. The zero-order chi connectivity index (χ0) is 10.3. The van der Waals surface area contributed by atoms with E-state index >= 15 is 0 Å². The molecule has 0 aliphatic carbocycles. The number of allylic oxidation sites excluding steroid dienone is 6. The number of hydrogen-bond acceptors (Lipinski definition) is 0. The van der Waals surface area contributed by atoms with E-state index in [4.69, 9.17) is 0 Å². The van der Waals surface area contributed by atoms with Gasteiger partial charge in [0.25, 0.3) is 0 Å². The summed E-state index contributed by atoms with van der Waals surface area (Å²) in [6.45, 7) is 14.0. The Morgan fingerprint density at radius 3 is 2.15 bits per heavy atom. The first kappa shape index (κ1) is 12.0. The lowest BCUT2D eigenvalue weighted by atomic mass is 10.1. The van der Waals surface area contributed by atoms with E-state index in [-0.39, 0.29) is 0 Å². The minimum Gasteiger partial charge on any atom is -0.0961 e. The lowest BCUT2D eigenvalue weighted by Crippen LogP contribution is -1.80. The Hall–Kier alpha value is -1.04. The summed E-state index contributed by atoms with van der Waals surface area (Å²) in [5, 5.41) is 0. The van der Waals surface area contributed by atoms with Crippen molar-refractivity contribution in [1.29, 1.82) is 0 Å². The fourth-order valence-electron chi connectivity index (χ4n) is 0.916. The smallest absolute Gasteiger partial charge is 0.0273 e. The highest BCUT2D eigenvalue weighted by molar-refractivity contribution is 5.38. The van der Waals surface area contributed by atoms with Gasteiger partial charge in [0, 0.05) is 0 Å². The molecule has 13 heavy (non-hydrogen) atoms. The van der Waals surface area contributed by atoms with Gasteiger partial charge >= 0.3 is 0 Å². The first-order valence-corrected chi connectivity index (χ1v) is 4.77. The molecule has 0 heterocycles. The van der Waals surface area contributed by atoms with Crippen LogP contribution in [0.15, 0.2) is 48.1 Å². The quantitative estimate of drug-likeness (QED) is 0.544. The second-order valence-electron chi connectivity index (χ2n) is 3.41. The summed E-state index contributed by atoms with van der Waals surface area (Å²) in [4.78, 5) is 0. The normalized spacial score (nSPS) is 12.1. The van der Waals surface area contributed by atoms with Gasteiger partial charge in [-0.25, -0.2) is 0 Å². The zero-order valence-electron chi connectivity index (χ0n) is 9.06. The Bertz CT molecular complexity index is 239. The Labute approximate surface area is 82.4 Å². The molecule has 0 radical (unpaired) electrons. The highest BCUT2D eigenvalue weighted by atomic mass is 14.0. The summed E-state index contributed by atoms with van der Waals surface area (Å²) in [5.74, 6) is 0. The summed E-state index contributed by atoms with van der Waals surface area (Å²) in [6.07, 6.45) is 8.62. The van der Waals surface area contributed by atoms with Crippen LogP contribution in [-0.4, -0.2) is 0 Å². The van der Waals surface area contributed by atoms with E-state index in [1.54, 1.807) is 0 Å². The van der Waals surface area contributed by atoms with Gasteiger partial charge in [0.05, 0.1) is 0 Å². The van der Waals surface area contributed by atoms with Crippen molar-refractivity contribution in [1.82, 2.24) is 0 Å². The molecule has 0 heteroatoms. The van der Waals surface area contributed by atoms with Crippen molar-refractivity contribution in [2.75, 3.05) is 0 Å². The second-order valence-corrected chi connectivity index (χ2v) is 3.41. The molecule has 0 fully saturated rings. The Balaban J connectivity index is 4.43. The SMILES string of the molecule is C=C(C)/C=C\C(=C/CCC)C(=C)C. The third-order valence-electron chi connectivity index (χ3n) is 1.69. The van der Waals surface area contributed by atoms with Gasteiger partial charge in [0.2, 0.25) is 0 Å². The van der Waals surface area contributed by atoms with Gasteiger partial charge in [-0.2, -0.15) is 0 Å². The topological polar surface area (TPSA) is 0 Å². The van der Waals surface area contributed by atoms with E-state index in [9.17, 15) is 0 Å². The van der Waals surface area contributed by atoms with Crippen LogP contribution >= 0.6 is 0 Å². The van der Waals surface area contributed by atoms with Crippen LogP contribution in [0.4, 0.5) is 0 Å². The van der Waals surface area contributed by atoms with Gasteiger partial charge in [0.1, 0.15) is 0 Å². The van der Waals surface area contributed by atoms with Crippen LogP contribution in [0.2, 0.25) is 0 Å². The number of unbranched alkanes of at least 4 members (excludes halogenated alkanes) is 1. The predicted octanol–water partition coefficient (Wildman–Crippen LogP) is 4.42. The maximum absolute atomic E-state index is 3.94. The van der Waals surface area contributed by atoms with Crippen molar-refractivity contribution in [3.63, 3.8) is 0 Å². The third-order valence-corrected chi connectivity index (χ3v) is 1.69. The van der Waals surface area contributed by atoms with Crippen LogP contribution in [0.25, 0.3) is 0 Å². The molecule has 0 rings (SSSR count). The largest absolute Gasteiger partial charge is 0.0961 e. The molecule has 0 aromatic heterocycles. The van der Waals surface area contributed by atoms with Crippen LogP contribution in [0.1, 0.15) is 33.6 Å². The monoisotopic (exact) mass is 176 g/mol. The summed E-state index contributed by atoms with van der Waals surface area (Å²) >= 11 is 0. The Morgan fingerprint density at radius 2 is 1.77 bits per heavy atom. The van der Waals surface area contributed by atoms with Crippen LogP contribution < -0.4 is 0 Å². The summed E-state index contributed by atoms with van der Waals surface area (Å²) < 4.78 is 0. The van der Waals surface area contributed by atoms with Gasteiger partial charge in [-0.05, 0) is 25.8 Å². The molecule has 0 spiro atoms. The molecule has 0 aromatic carbocycles. The van der Waals surface area contributed by atoms with Crippen molar-refractivity contribution in [3.05, 3.63) is 48.1 Å². The lowest BCUT2D eigenvalue weighted by molar-refractivity contribution is 0.953. The van der Waals surface area contributed by atoms with E-state index in [1.165, 1.54) is 12.0 Å². The van der Waals surface area contributed by atoms with Crippen molar-refractivity contribution < 1.29 is 0 Å². The molecule has 0 bridgehead atoms. The summed E-state index contributed by atoms with van der Waals surface area (Å²) in [6, 6.07) is 0. The molecule has 0 aliphatic heterocycles. The number of hydrogen-bond donors (Lipinski definition) is 0. The third kappa shape index (κ3) is 6.15. The standard InChI is InChI=1S/C13H20/c1-6-7-8-13(12(4)5)10-9-11(2)3/h8-10H,2,4,6-7H2,1,3,5H3/b10-9-,13-8+. The van der Waals surface area contributed by atoms with Crippen LogP contribution in [0.3, 0.4) is 0 Å². The first-order valence-electron chi connectivity index (χ1n) is 4.77. The molecule has 0 aliphatic rings. The molecule has 0 nitrogen and oxygen atoms in total. The van der Waals surface area contributed by atoms with Gasteiger partial charge in [0.15, 0.2) is 0 Å². The predicted molar refractivity (Wildman–Crippen MR) is 61.8 cm³/mol. The molecule has 0 aromatic rings. The fourth-order valence-corrected chi connectivity index (χ4v) is 0.916. The fraction of sp³-hybridized carbons (Fsp3) is 0.385. The molecule has 0 saturated heterocycles. The molecule has 0 amide bonds. The van der Waals surface area contributed by atoms with E-state index in [2.05, 4.69) is 32.2 Å². The van der Waals surface area contributed by atoms with Crippen molar-refractivity contribution in [3.8, 4) is 0 Å². The van der Waals surface area contributed by atoms with Gasteiger partial charge in [-0.3, -0.25) is 0 Å². The average Bonchev–Trinajstić information content (AvgIpc) is 2.03. The van der Waals surface area contributed by atoms with Crippen LogP contribution in [-0.2, 0) is 0 Å². The van der Waals surface area contributed by atoms with Gasteiger partial charge in [-0.1, -0.05) is 55.9 Å². The molecule has 0 unspecified atom stereocenters. The van der Waals surface area contributed by atoms with Crippen LogP contribution in [0.5, 0.6) is 0 Å². The minimum absolute atomic E-state index is 1.07. The molecule has 72 valence electrons. The van der Waals surface area contributed by atoms with E-state index in [0.29, 0.717) is 0 Å². The number of rotatable bonds is 5. The zero-order valence-corrected chi connectivity index (χ0v) is 9.06. The lowest BCUT2D eigenvalue weighted by Gasteiger charge is -2.00. The van der Waals surface area contributed by atoms with Crippen LogP contribution in [0, 0.1) is 0 Å². The van der Waals surface area contributed by atoms with Crippen molar-refractivity contribution in [2.24, 2.45) is 0 Å². The second kappa shape index (κ2) is 6.47.